The fourth-order valence-electron chi connectivity index (χ4n) is 3.02. The van der Waals surface area contributed by atoms with Gasteiger partial charge in [-0.15, -0.1) is 0 Å². The first-order chi connectivity index (χ1) is 11.9. The Morgan fingerprint density at radius 2 is 1.76 bits per heavy atom. The van der Waals surface area contributed by atoms with Crippen LogP contribution >= 0.6 is 0 Å². The molecule has 1 unspecified atom stereocenters. The second-order valence-electron chi connectivity index (χ2n) is 5.80. The zero-order chi connectivity index (χ0) is 17.8. The molecular formula is C18H13NO5S. The van der Waals surface area contributed by atoms with Gasteiger partial charge >= 0.3 is 0 Å². The first kappa shape index (κ1) is 15.7. The predicted octanol–water partition coefficient (Wildman–Crippen LogP) is 2.50. The van der Waals surface area contributed by atoms with Gasteiger partial charge in [0, 0.05) is 18.0 Å². The van der Waals surface area contributed by atoms with Crippen molar-refractivity contribution in [3.63, 3.8) is 0 Å². The van der Waals surface area contributed by atoms with Crippen molar-refractivity contribution >= 4 is 32.6 Å². The van der Waals surface area contributed by atoms with Crippen LogP contribution in [-0.2, 0) is 10.0 Å². The average molecular weight is 355 g/mol. The molecular weight excluding hydrogens is 342 g/mol. The molecule has 126 valence electrons. The van der Waals surface area contributed by atoms with E-state index >= 15 is 0 Å². The lowest BCUT2D eigenvalue weighted by atomic mass is 9.99. The number of para-hydroxylation sites is 1. The number of ketones is 2. The summed E-state index contributed by atoms with van der Waals surface area (Å²) in [5.41, 5.74) is 0.523. The van der Waals surface area contributed by atoms with Crippen molar-refractivity contribution in [1.82, 2.24) is 4.31 Å². The van der Waals surface area contributed by atoms with Gasteiger partial charge in [0.1, 0.15) is 5.58 Å². The Hall–Kier alpha value is -2.77. The fourth-order valence-corrected chi connectivity index (χ4v) is 4.50. The number of benzene rings is 2. The highest BCUT2D eigenvalue weighted by Crippen LogP contribution is 2.31. The summed E-state index contributed by atoms with van der Waals surface area (Å²) in [5.74, 6) is -1.28. The molecule has 0 saturated carbocycles. The number of sulfonamides is 1. The third-order valence-corrected chi connectivity index (χ3v) is 6.22. The molecule has 4 rings (SSSR count). The third-order valence-electron chi connectivity index (χ3n) is 4.34. The number of carbonyl (C=O) groups is 2. The molecule has 1 aliphatic heterocycles. The Bertz CT molecular complexity index is 1100. The van der Waals surface area contributed by atoms with E-state index in [4.69, 9.17) is 4.42 Å². The number of hydrogen-bond donors (Lipinski definition) is 0. The first-order valence-corrected chi connectivity index (χ1v) is 8.99. The summed E-state index contributed by atoms with van der Waals surface area (Å²) >= 11 is 0. The lowest BCUT2D eigenvalue weighted by Crippen LogP contribution is -2.51. The topological polar surface area (TPSA) is 84.7 Å². The minimum Gasteiger partial charge on any atom is -0.453 e. The molecule has 25 heavy (non-hydrogen) atoms. The second kappa shape index (κ2) is 5.37. The van der Waals surface area contributed by atoms with Gasteiger partial charge < -0.3 is 4.42 Å². The fraction of sp³-hybridized carbons (Fsp3) is 0.111. The molecule has 1 aliphatic rings. The van der Waals surface area contributed by atoms with E-state index in [-0.39, 0.29) is 16.2 Å². The zero-order valence-electron chi connectivity index (χ0n) is 13.2. The number of fused-ring (bicyclic) bond motifs is 2. The number of furan rings is 1. The Kier molecular flexibility index (Phi) is 3.38. The molecule has 0 spiro atoms. The van der Waals surface area contributed by atoms with Crippen LogP contribution < -0.4 is 0 Å². The summed E-state index contributed by atoms with van der Waals surface area (Å²) in [7, 11) is -2.71. The van der Waals surface area contributed by atoms with Crippen LogP contribution in [0.4, 0.5) is 0 Å². The Morgan fingerprint density at radius 1 is 1.08 bits per heavy atom. The maximum Gasteiger partial charge on any atom is 0.244 e. The maximum absolute atomic E-state index is 12.9. The van der Waals surface area contributed by atoms with Crippen molar-refractivity contribution in [1.29, 1.82) is 0 Å². The molecule has 2 aromatic carbocycles. The van der Waals surface area contributed by atoms with Crippen molar-refractivity contribution in [2.45, 2.75) is 10.9 Å². The molecule has 3 aromatic rings. The van der Waals surface area contributed by atoms with Crippen LogP contribution in [0.5, 0.6) is 0 Å². The maximum atomic E-state index is 12.9. The van der Waals surface area contributed by atoms with Gasteiger partial charge in [-0.25, -0.2) is 8.42 Å². The number of hydrogen-bond acceptors (Lipinski definition) is 5. The standard InChI is InChI=1S/C18H13NO5S/c1-19-16(17(20)12-7-3-5-9-15(12)25(19,22)23)18(21)14-10-11-6-2-4-8-13(11)24-14/h2-10,16H,1H3. The van der Waals surface area contributed by atoms with Crippen LogP contribution in [-0.4, -0.2) is 37.4 Å². The first-order valence-electron chi connectivity index (χ1n) is 7.55. The number of Topliss-reactive ketones (excluding diaryl/α,β-unsaturated/α-hetero) is 2. The molecule has 0 saturated heterocycles. The Balaban J connectivity index is 1.85. The van der Waals surface area contributed by atoms with Crippen molar-refractivity contribution in [3.8, 4) is 0 Å². The molecule has 0 fully saturated rings. The highest BCUT2D eigenvalue weighted by molar-refractivity contribution is 7.89. The van der Waals surface area contributed by atoms with Gasteiger partial charge in [0.2, 0.25) is 15.8 Å². The van der Waals surface area contributed by atoms with E-state index in [0.717, 1.165) is 4.31 Å². The predicted molar refractivity (Wildman–Crippen MR) is 90.1 cm³/mol. The number of nitrogens with zero attached hydrogens (tertiary/aromatic N) is 1. The lowest BCUT2D eigenvalue weighted by Gasteiger charge is -2.30. The molecule has 7 heteroatoms. The Morgan fingerprint density at radius 3 is 2.52 bits per heavy atom. The molecule has 0 N–H and O–H groups in total. The highest BCUT2D eigenvalue weighted by Gasteiger charge is 2.46. The van der Waals surface area contributed by atoms with Gasteiger partial charge in [-0.1, -0.05) is 30.3 Å². The van der Waals surface area contributed by atoms with Gasteiger partial charge in [-0.2, -0.15) is 4.31 Å². The van der Waals surface area contributed by atoms with E-state index in [9.17, 15) is 18.0 Å². The third kappa shape index (κ3) is 2.24. The number of likely N-dealkylation sites (N-methyl/N-ethyl adjacent to an activating group) is 1. The summed E-state index contributed by atoms with van der Waals surface area (Å²) < 4.78 is 31.6. The molecule has 0 aliphatic carbocycles. The van der Waals surface area contributed by atoms with Crippen LogP contribution in [0.1, 0.15) is 20.9 Å². The molecule has 0 amide bonds. The SMILES string of the molecule is CN1C(C(=O)c2cc3ccccc3o2)C(=O)c2ccccc2S1(=O)=O. The Labute approximate surface area is 143 Å². The second-order valence-corrected chi connectivity index (χ2v) is 7.76. The molecule has 0 radical (unpaired) electrons. The van der Waals surface area contributed by atoms with E-state index in [1.165, 1.54) is 25.2 Å². The van der Waals surface area contributed by atoms with E-state index < -0.39 is 27.6 Å². The zero-order valence-corrected chi connectivity index (χ0v) is 14.0. The van der Waals surface area contributed by atoms with Gasteiger partial charge in [0.05, 0.1) is 4.90 Å². The monoisotopic (exact) mass is 355 g/mol. The van der Waals surface area contributed by atoms with Crippen LogP contribution in [0.25, 0.3) is 11.0 Å². The number of rotatable bonds is 2. The van der Waals surface area contributed by atoms with Gasteiger partial charge in [0.25, 0.3) is 0 Å². The summed E-state index contributed by atoms with van der Waals surface area (Å²) in [5, 5.41) is 0.708. The molecule has 6 nitrogen and oxygen atoms in total. The van der Waals surface area contributed by atoms with Crippen molar-refractivity contribution < 1.29 is 22.4 Å². The lowest BCUT2D eigenvalue weighted by molar-refractivity contribution is 0.0769. The number of carbonyl (C=O) groups excluding carboxylic acids is 2. The summed E-state index contributed by atoms with van der Waals surface area (Å²) in [6.07, 6.45) is 0. The van der Waals surface area contributed by atoms with E-state index in [0.29, 0.717) is 11.0 Å². The highest BCUT2D eigenvalue weighted by atomic mass is 32.2. The van der Waals surface area contributed by atoms with Crippen LogP contribution in [0, 0.1) is 0 Å². The smallest absolute Gasteiger partial charge is 0.244 e. The molecule has 2 heterocycles. The van der Waals surface area contributed by atoms with Crippen LogP contribution in [0.3, 0.4) is 0 Å². The van der Waals surface area contributed by atoms with Gasteiger partial charge in [-0.05, 0) is 24.3 Å². The van der Waals surface area contributed by atoms with Crippen molar-refractivity contribution in [2.75, 3.05) is 7.05 Å². The average Bonchev–Trinajstić information content (AvgIpc) is 3.04. The normalized spacial score (nSPS) is 19.7. The van der Waals surface area contributed by atoms with Crippen molar-refractivity contribution in [3.05, 3.63) is 65.9 Å². The summed E-state index contributed by atoms with van der Waals surface area (Å²) in [4.78, 5) is 25.6. The quantitative estimate of drug-likeness (QED) is 0.521. The van der Waals surface area contributed by atoms with E-state index in [1.54, 1.807) is 36.4 Å². The van der Waals surface area contributed by atoms with E-state index in [2.05, 4.69) is 0 Å². The largest absolute Gasteiger partial charge is 0.453 e. The van der Waals surface area contributed by atoms with Gasteiger partial charge in [0.15, 0.2) is 17.6 Å². The van der Waals surface area contributed by atoms with Crippen LogP contribution in [0.2, 0.25) is 0 Å². The summed E-state index contributed by atoms with van der Waals surface area (Å²) in [6, 6.07) is 13.0. The van der Waals surface area contributed by atoms with Crippen LogP contribution in [0.15, 0.2) is 63.9 Å². The van der Waals surface area contributed by atoms with Crippen molar-refractivity contribution in [2.24, 2.45) is 0 Å². The molecule has 1 aromatic heterocycles. The van der Waals surface area contributed by atoms with E-state index in [1.807, 2.05) is 0 Å². The van der Waals surface area contributed by atoms with Gasteiger partial charge in [-0.3, -0.25) is 9.59 Å². The molecule has 1 atom stereocenters. The minimum absolute atomic E-state index is 0.0232. The molecule has 0 bridgehead atoms. The summed E-state index contributed by atoms with van der Waals surface area (Å²) in [6.45, 7) is 0. The minimum atomic E-state index is -3.94.